The van der Waals surface area contributed by atoms with Crippen molar-refractivity contribution in [3.63, 3.8) is 0 Å². The van der Waals surface area contributed by atoms with Crippen LogP contribution in [-0.4, -0.2) is 65.9 Å². The fourth-order valence-corrected chi connectivity index (χ4v) is 8.90. The fraction of sp³-hybridized carbons (Fsp3) is 0.250. The Morgan fingerprint density at radius 3 is 1.41 bits per heavy atom. The molecular weight excluding hydrogens is 877 g/mol. The predicted molar refractivity (Wildman–Crippen MR) is 258 cm³/mol. The summed E-state index contributed by atoms with van der Waals surface area (Å²) in [6.45, 7) is 5.89. The van der Waals surface area contributed by atoms with E-state index < -0.39 is 64.7 Å². The Hall–Kier alpha value is -7.58. The Morgan fingerprint density at radius 1 is 0.565 bits per heavy atom. The summed E-state index contributed by atoms with van der Waals surface area (Å²) < 4.78 is 46.4. The van der Waals surface area contributed by atoms with Gasteiger partial charge in [-0.2, -0.15) is 4.57 Å². The van der Waals surface area contributed by atoms with Gasteiger partial charge in [0.15, 0.2) is 12.3 Å². The number of nitrogens with zero attached hydrogens (tertiary/aromatic N) is 2. The third-order valence-electron chi connectivity index (χ3n) is 11.9. The molecule has 13 heteroatoms. The minimum absolute atomic E-state index is 0.253. The third kappa shape index (κ3) is 9.75. The Morgan fingerprint density at radius 2 is 0.986 bits per heavy atom. The lowest BCUT2D eigenvalue weighted by Crippen LogP contribution is -2.50. The van der Waals surface area contributed by atoms with Crippen molar-refractivity contribution in [2.24, 2.45) is 0 Å². The molecule has 7 aromatic rings. The maximum absolute atomic E-state index is 14.8. The van der Waals surface area contributed by atoms with Gasteiger partial charge in [-0.1, -0.05) is 146 Å². The largest absolute Gasteiger partial charge is 0.497 e. The molecule has 0 saturated carbocycles. The van der Waals surface area contributed by atoms with Crippen molar-refractivity contribution in [2.75, 3.05) is 20.8 Å². The highest BCUT2D eigenvalue weighted by atomic mass is 16.6. The van der Waals surface area contributed by atoms with Crippen LogP contribution in [0, 0.1) is 0 Å². The zero-order valence-corrected chi connectivity index (χ0v) is 39.2. The van der Waals surface area contributed by atoms with Crippen LogP contribution in [0.1, 0.15) is 67.3 Å². The lowest BCUT2D eigenvalue weighted by Gasteiger charge is -2.40. The molecule has 1 aliphatic rings. The molecule has 1 saturated heterocycles. The number of aromatic nitrogens is 2. The summed E-state index contributed by atoms with van der Waals surface area (Å²) >= 11 is 0. The van der Waals surface area contributed by atoms with Crippen molar-refractivity contribution in [1.29, 1.82) is 0 Å². The first kappa shape index (κ1) is 47.9. The van der Waals surface area contributed by atoms with E-state index in [1.807, 2.05) is 170 Å². The molecule has 4 atom stereocenters. The van der Waals surface area contributed by atoms with E-state index in [2.05, 4.69) is 0 Å². The molecule has 0 bridgehead atoms. The van der Waals surface area contributed by atoms with Gasteiger partial charge in [0.05, 0.1) is 20.8 Å². The number of carbonyl (C=O) groups excluding carboxylic acids is 2. The van der Waals surface area contributed by atoms with E-state index in [1.54, 1.807) is 35.0 Å². The highest BCUT2D eigenvalue weighted by Gasteiger charge is 2.55. The number of ether oxygens (including phenoxy) is 7. The van der Waals surface area contributed by atoms with E-state index >= 15 is 0 Å². The van der Waals surface area contributed by atoms with Crippen LogP contribution in [0.5, 0.6) is 11.5 Å². The van der Waals surface area contributed by atoms with Crippen LogP contribution in [0.25, 0.3) is 0 Å². The van der Waals surface area contributed by atoms with E-state index in [1.165, 1.54) is 13.1 Å². The summed E-state index contributed by atoms with van der Waals surface area (Å²) in [6.07, 6.45) is -5.25. The summed E-state index contributed by atoms with van der Waals surface area (Å²) in [5.74, 6) is 0.566. The molecule has 1 fully saturated rings. The summed E-state index contributed by atoms with van der Waals surface area (Å²) in [5.41, 5.74) is -1.54. The normalized spacial score (nSPS) is 17.2. The van der Waals surface area contributed by atoms with Crippen molar-refractivity contribution in [3.8, 4) is 11.5 Å². The predicted octanol–water partition coefficient (Wildman–Crippen LogP) is 9.03. The van der Waals surface area contributed by atoms with Crippen molar-refractivity contribution in [1.82, 2.24) is 9.13 Å². The first-order valence-electron chi connectivity index (χ1n) is 22.5. The Bertz CT molecular complexity index is 2870. The SMILES string of the molecule is COc1ccc(C(OC[C@H]2O[C@@H](n3ccc(=O)n(C(=O)OC(C)(C)C)c3=O)[C@H](OC(c3ccccc3)(c3ccccc3)c3ccc(OC)cc3)[C@@H]2OC(C)=O)(c2ccccc2)c2ccccc2)cc1. The Balaban J connectivity index is 1.36. The van der Waals surface area contributed by atoms with Gasteiger partial charge in [-0.15, -0.1) is 0 Å². The lowest BCUT2D eigenvalue weighted by atomic mass is 9.79. The molecule has 0 aliphatic carbocycles. The highest BCUT2D eigenvalue weighted by molar-refractivity contribution is 5.70. The number of carbonyl (C=O) groups is 2. The molecule has 1 aromatic heterocycles. The molecule has 69 heavy (non-hydrogen) atoms. The molecular formula is C56H54N2O11. The highest BCUT2D eigenvalue weighted by Crippen LogP contribution is 2.48. The molecule has 1 aliphatic heterocycles. The van der Waals surface area contributed by atoms with Crippen LogP contribution in [0.2, 0.25) is 0 Å². The minimum atomic E-state index is -1.50. The van der Waals surface area contributed by atoms with E-state index in [4.69, 9.17) is 33.2 Å². The van der Waals surface area contributed by atoms with Crippen molar-refractivity contribution < 1.29 is 42.7 Å². The molecule has 6 aromatic carbocycles. The summed E-state index contributed by atoms with van der Waals surface area (Å²) in [7, 11) is 3.17. The molecule has 0 N–H and O–H groups in total. The second kappa shape index (κ2) is 20.3. The lowest BCUT2D eigenvalue weighted by molar-refractivity contribution is -0.164. The second-order valence-corrected chi connectivity index (χ2v) is 17.5. The molecule has 2 heterocycles. The van der Waals surface area contributed by atoms with Gasteiger partial charge in [0, 0.05) is 19.2 Å². The van der Waals surface area contributed by atoms with Gasteiger partial charge in [0.2, 0.25) is 0 Å². The summed E-state index contributed by atoms with van der Waals surface area (Å²) in [6, 6.07) is 54.4. The van der Waals surface area contributed by atoms with Crippen LogP contribution in [0.4, 0.5) is 4.79 Å². The van der Waals surface area contributed by atoms with Crippen LogP contribution >= 0.6 is 0 Å². The topological polar surface area (TPSA) is 143 Å². The monoisotopic (exact) mass is 930 g/mol. The van der Waals surface area contributed by atoms with Gasteiger partial charge < -0.3 is 33.2 Å². The van der Waals surface area contributed by atoms with Gasteiger partial charge in [-0.25, -0.2) is 9.59 Å². The van der Waals surface area contributed by atoms with E-state index in [0.29, 0.717) is 32.8 Å². The molecule has 0 amide bonds. The van der Waals surface area contributed by atoms with Gasteiger partial charge in [-0.05, 0) is 78.4 Å². The molecule has 0 unspecified atom stereocenters. The van der Waals surface area contributed by atoms with Gasteiger partial charge in [-0.3, -0.25) is 14.2 Å². The number of hydrogen-bond acceptors (Lipinski definition) is 11. The molecule has 0 spiro atoms. The average molecular weight is 931 g/mol. The quantitative estimate of drug-likeness (QED) is 0.0718. The van der Waals surface area contributed by atoms with Crippen LogP contribution < -0.4 is 20.7 Å². The van der Waals surface area contributed by atoms with Crippen molar-refractivity contribution in [2.45, 2.75) is 69.0 Å². The molecule has 0 radical (unpaired) electrons. The number of rotatable bonds is 15. The van der Waals surface area contributed by atoms with Crippen LogP contribution in [0.15, 0.2) is 192 Å². The van der Waals surface area contributed by atoms with Crippen LogP contribution in [-0.2, 0) is 39.7 Å². The molecule has 354 valence electrons. The first-order chi connectivity index (χ1) is 33.3. The van der Waals surface area contributed by atoms with Gasteiger partial charge in [0.1, 0.15) is 40.5 Å². The number of methoxy groups -OCH3 is 2. The van der Waals surface area contributed by atoms with Crippen molar-refractivity contribution >= 4 is 12.1 Å². The minimum Gasteiger partial charge on any atom is -0.497 e. The zero-order chi connectivity index (χ0) is 48.8. The third-order valence-corrected chi connectivity index (χ3v) is 11.9. The number of hydrogen-bond donors (Lipinski definition) is 0. The van der Waals surface area contributed by atoms with E-state index in [-0.39, 0.29) is 6.61 Å². The van der Waals surface area contributed by atoms with Gasteiger partial charge >= 0.3 is 17.8 Å². The molecule has 13 nitrogen and oxygen atoms in total. The Labute approximate surface area is 400 Å². The maximum Gasteiger partial charge on any atom is 0.425 e. The molecule has 8 rings (SSSR count). The van der Waals surface area contributed by atoms with Crippen LogP contribution in [0.3, 0.4) is 0 Å². The summed E-state index contributed by atoms with van der Waals surface area (Å²) in [5, 5.41) is 0. The van der Waals surface area contributed by atoms with E-state index in [0.717, 1.165) is 27.3 Å². The fourth-order valence-electron chi connectivity index (χ4n) is 8.90. The summed E-state index contributed by atoms with van der Waals surface area (Å²) in [4.78, 5) is 55.4. The second-order valence-electron chi connectivity index (χ2n) is 17.5. The van der Waals surface area contributed by atoms with E-state index in [9.17, 15) is 19.2 Å². The number of esters is 1. The average Bonchev–Trinajstić information content (AvgIpc) is 3.68. The van der Waals surface area contributed by atoms with Gasteiger partial charge in [0.25, 0.3) is 5.56 Å². The number of benzene rings is 6. The zero-order valence-electron chi connectivity index (χ0n) is 39.2. The Kier molecular flexibility index (Phi) is 14.1. The smallest absolute Gasteiger partial charge is 0.425 e. The maximum atomic E-state index is 14.8. The standard InChI is InChI=1S/C56H54N2O11/c1-38(59)66-49-47(37-65-55(39-19-11-7-12-20-39,40-21-13-8-14-22-40)43-27-31-45(63-5)32-28-43)67-51(57-36-35-48(60)58(52(57)61)53(62)69-54(2,3)4)50(49)68-56(41-23-15-9-16-24-41,42-25-17-10-18-26-42)44-29-33-46(64-6)34-30-44/h7-36,47,49-51H,37H2,1-6H3/t47-,49-,50-,51-/m1/s1. The van der Waals surface area contributed by atoms with Crippen molar-refractivity contribution in [3.05, 3.63) is 236 Å². The first-order valence-corrected chi connectivity index (χ1v) is 22.5.